The smallest absolute Gasteiger partial charge is 0.158 e. The minimum Gasteiger partial charge on any atom is -0.158 e. The molecule has 0 saturated heterocycles. The lowest BCUT2D eigenvalue weighted by Crippen LogP contribution is -2.17. The molecule has 0 saturated carbocycles. The van der Waals surface area contributed by atoms with Gasteiger partial charge in [-0.15, -0.1) is 4.18 Å². The Bertz CT molecular complexity index is 83.7. The van der Waals surface area contributed by atoms with Gasteiger partial charge in [-0.25, -0.2) is 0 Å². The molecule has 7 heavy (non-hydrogen) atoms. The lowest BCUT2D eigenvalue weighted by Gasteiger charge is -1.84. The maximum absolute atomic E-state index is 9.80. The molecule has 0 aliphatic heterocycles. The molecule has 0 spiro atoms. The molecule has 2 N–H and O–H groups in total. The van der Waals surface area contributed by atoms with Crippen molar-refractivity contribution in [3.63, 3.8) is 0 Å². The third kappa shape index (κ3) is 2.66. The monoisotopic (exact) mass is 127 g/mol. The molecule has 0 bridgehead atoms. The zero-order chi connectivity index (χ0) is 5.91. The van der Waals surface area contributed by atoms with E-state index in [2.05, 4.69) is 14.4 Å². The van der Waals surface area contributed by atoms with Crippen molar-refractivity contribution in [2.45, 2.75) is 0 Å². The number of hydrogen-bond acceptors (Lipinski definition) is 4. The van der Waals surface area contributed by atoms with Crippen LogP contribution in [0, 0.1) is 0 Å². The molecule has 1 atom stereocenters. The van der Waals surface area contributed by atoms with E-state index < -0.39 is 10.8 Å². The summed E-state index contributed by atoms with van der Waals surface area (Å²) in [6, 6.07) is 0. The van der Waals surface area contributed by atoms with Gasteiger partial charge in [-0.2, -0.15) is 5.90 Å². The Labute approximate surface area is 42.0 Å². The van der Waals surface area contributed by atoms with Crippen molar-refractivity contribution < 1.29 is 17.2 Å². The molecule has 1 radical (unpaired) electrons. The predicted octanol–water partition coefficient (Wildman–Crippen LogP) is -0.802. The highest BCUT2D eigenvalue weighted by Crippen LogP contribution is 1.96. The first-order chi connectivity index (χ1) is 3.12. The summed E-state index contributed by atoms with van der Waals surface area (Å²) in [5.74, 6) is 4.20. The molecular formula is CH5NO4S+. The predicted molar refractivity (Wildman–Crippen MR) is 21.0 cm³/mol. The van der Waals surface area contributed by atoms with Crippen LogP contribution in [0.4, 0.5) is 0 Å². The van der Waals surface area contributed by atoms with Crippen molar-refractivity contribution in [2.24, 2.45) is 5.90 Å². The molecule has 0 fully saturated rings. The minimum atomic E-state index is -3.88. The molecule has 0 aliphatic carbocycles. The average molecular weight is 127 g/mol. The maximum atomic E-state index is 9.80. The van der Waals surface area contributed by atoms with Gasteiger partial charge in [0.2, 0.25) is 0 Å². The highest BCUT2D eigenvalue weighted by atomic mass is 32.3. The van der Waals surface area contributed by atoms with Crippen LogP contribution in [0.25, 0.3) is 0 Å². The summed E-state index contributed by atoms with van der Waals surface area (Å²) in [5, 5.41) is 0. The van der Waals surface area contributed by atoms with Crippen LogP contribution in [0.15, 0.2) is 0 Å². The van der Waals surface area contributed by atoms with E-state index in [1.54, 1.807) is 0 Å². The summed E-state index contributed by atoms with van der Waals surface area (Å²) in [5.41, 5.74) is 0. The molecule has 6 heteroatoms. The van der Waals surface area contributed by atoms with Gasteiger partial charge in [-0.1, -0.05) is 0 Å². The van der Waals surface area contributed by atoms with Crippen LogP contribution in [0.1, 0.15) is 0 Å². The molecule has 0 aliphatic rings. The number of nitrogens with two attached hydrogens (primary N) is 1. The van der Waals surface area contributed by atoms with Gasteiger partial charge in [-0.3, -0.25) is 0 Å². The van der Waals surface area contributed by atoms with Gasteiger partial charge >= 0.3 is 10.8 Å². The van der Waals surface area contributed by atoms with Crippen LogP contribution in [0.2, 0.25) is 0 Å². The number of rotatable bonds is 2. The quantitative estimate of drug-likeness (QED) is 0.389. The standard InChI is InChI=1S/CH5NO4S/c1-5-7(3,4)6-2/h2H2,1H3/q+1. The largest absolute Gasteiger partial charge is 0.563 e. The van der Waals surface area contributed by atoms with E-state index in [-0.39, 0.29) is 0 Å². The van der Waals surface area contributed by atoms with Crippen molar-refractivity contribution in [3.8, 4) is 0 Å². The van der Waals surface area contributed by atoms with Gasteiger partial charge < -0.3 is 0 Å². The molecule has 0 aromatic rings. The maximum Gasteiger partial charge on any atom is 0.563 e. The van der Waals surface area contributed by atoms with Crippen LogP contribution in [0.3, 0.4) is 0 Å². The van der Waals surface area contributed by atoms with Crippen LogP contribution in [-0.2, 0) is 28.0 Å². The zero-order valence-electron chi connectivity index (χ0n) is 3.62. The summed E-state index contributed by atoms with van der Waals surface area (Å²) in [7, 11) is -2.93. The summed E-state index contributed by atoms with van der Waals surface area (Å²) >= 11 is 0. The van der Waals surface area contributed by atoms with Gasteiger partial charge in [0, 0.05) is 4.21 Å². The Balaban J connectivity index is 3.61. The van der Waals surface area contributed by atoms with E-state index in [1.165, 1.54) is 0 Å². The van der Waals surface area contributed by atoms with Crippen molar-refractivity contribution in [1.29, 1.82) is 0 Å². The Kier molecular flexibility index (Phi) is 2.33. The van der Waals surface area contributed by atoms with Crippen LogP contribution in [0.5, 0.6) is 0 Å². The Hall–Kier alpha value is -0.0100. The normalized spacial score (nSPS) is 18.7. The van der Waals surface area contributed by atoms with Crippen molar-refractivity contribution in [3.05, 3.63) is 0 Å². The Morgan fingerprint density at radius 2 is 2.14 bits per heavy atom. The molecular weight excluding hydrogens is 122 g/mol. The van der Waals surface area contributed by atoms with Crippen molar-refractivity contribution in [2.75, 3.05) is 7.11 Å². The first kappa shape index (κ1) is 6.99. The van der Waals surface area contributed by atoms with Gasteiger partial charge in [0.15, 0.2) is 0 Å². The topological polar surface area (TPSA) is 81.5 Å². The second kappa shape index (κ2) is 2.34. The first-order valence-corrected chi connectivity index (χ1v) is 2.64. The van der Waals surface area contributed by atoms with Gasteiger partial charge in [-0.05, 0) is 4.28 Å². The SMILES string of the molecule is CO[S+]([O])(=O)ON. The lowest BCUT2D eigenvalue weighted by atomic mass is 11.8. The fourth-order valence-corrected chi connectivity index (χ4v) is 0.118. The molecule has 0 heterocycles. The van der Waals surface area contributed by atoms with E-state index in [4.69, 9.17) is 0 Å². The summed E-state index contributed by atoms with van der Waals surface area (Å²) < 4.78 is 26.6. The minimum absolute atomic E-state index is 0.947. The molecule has 43 valence electrons. The van der Waals surface area contributed by atoms with E-state index in [1.807, 2.05) is 0 Å². The van der Waals surface area contributed by atoms with E-state index >= 15 is 0 Å². The lowest BCUT2D eigenvalue weighted by molar-refractivity contribution is 0.178. The summed E-state index contributed by atoms with van der Waals surface area (Å²) in [6.45, 7) is 0. The number of hydrogen-bond donors (Lipinski definition) is 1. The highest BCUT2D eigenvalue weighted by Gasteiger charge is 2.29. The van der Waals surface area contributed by atoms with Gasteiger partial charge in [0.1, 0.15) is 4.55 Å². The van der Waals surface area contributed by atoms with E-state index in [9.17, 15) is 8.76 Å². The molecule has 5 nitrogen and oxygen atoms in total. The van der Waals surface area contributed by atoms with E-state index in [0.29, 0.717) is 0 Å². The third-order valence-electron chi connectivity index (χ3n) is 0.322. The second-order valence-electron chi connectivity index (χ2n) is 0.671. The fraction of sp³-hybridized carbons (Fsp3) is 1.00. The second-order valence-corrected chi connectivity index (χ2v) is 2.01. The summed E-state index contributed by atoms with van der Waals surface area (Å²) in [6.07, 6.45) is 0. The van der Waals surface area contributed by atoms with E-state index in [0.717, 1.165) is 7.11 Å². The molecule has 1 unspecified atom stereocenters. The molecule has 0 aromatic heterocycles. The van der Waals surface area contributed by atoms with Crippen LogP contribution >= 0.6 is 0 Å². The van der Waals surface area contributed by atoms with Crippen molar-refractivity contribution in [1.82, 2.24) is 0 Å². The zero-order valence-corrected chi connectivity index (χ0v) is 4.44. The molecule has 0 rings (SSSR count). The van der Waals surface area contributed by atoms with Gasteiger partial charge in [0.25, 0.3) is 0 Å². The van der Waals surface area contributed by atoms with Gasteiger partial charge in [0.05, 0.1) is 7.11 Å². The van der Waals surface area contributed by atoms with Crippen LogP contribution < -0.4 is 5.90 Å². The Morgan fingerprint density at radius 1 is 1.71 bits per heavy atom. The van der Waals surface area contributed by atoms with Crippen molar-refractivity contribution >= 4 is 10.8 Å². The first-order valence-electron chi connectivity index (χ1n) is 1.31. The average Bonchev–Trinajstić information content (AvgIpc) is 1.68. The highest BCUT2D eigenvalue weighted by molar-refractivity contribution is 7.88. The third-order valence-corrected chi connectivity index (χ3v) is 0.966. The molecule has 0 amide bonds. The molecule has 0 aromatic carbocycles. The van der Waals surface area contributed by atoms with Crippen LogP contribution in [-0.4, -0.2) is 7.11 Å². The Morgan fingerprint density at radius 3 is 2.14 bits per heavy atom. The fourth-order valence-electron chi connectivity index (χ4n) is 0.0393. The summed E-state index contributed by atoms with van der Waals surface area (Å²) in [4.78, 5) is 0.